The van der Waals surface area contributed by atoms with Crippen LogP contribution in [0.1, 0.15) is 0 Å². The van der Waals surface area contributed by atoms with Crippen molar-refractivity contribution in [2.45, 2.75) is 9.99 Å². The minimum atomic E-state index is 0.932. The molecule has 2 rings (SSSR count). The molecule has 12 heavy (non-hydrogen) atoms. The Labute approximate surface area is 75.4 Å². The molecule has 0 N–H and O–H groups in total. The highest BCUT2D eigenvalue weighted by Gasteiger charge is 1.96. The normalized spacial score (nSPS) is 10.0. The molecule has 2 heteroatoms. The Morgan fingerprint density at radius 2 is 1.75 bits per heavy atom. The molecule has 0 aliphatic heterocycles. The van der Waals surface area contributed by atoms with Gasteiger partial charge in [-0.15, -0.1) is 0 Å². The van der Waals surface area contributed by atoms with Gasteiger partial charge in [-0.2, -0.15) is 0 Å². The molecule has 0 spiro atoms. The zero-order chi connectivity index (χ0) is 8.23. The van der Waals surface area contributed by atoms with E-state index in [0.717, 1.165) is 5.09 Å². The largest absolute Gasteiger partial charge is 0.458 e. The van der Waals surface area contributed by atoms with Crippen molar-refractivity contribution in [1.82, 2.24) is 0 Å². The number of benzene rings is 1. The first-order chi connectivity index (χ1) is 5.95. The van der Waals surface area contributed by atoms with Crippen LogP contribution in [0.15, 0.2) is 63.1 Å². The summed E-state index contributed by atoms with van der Waals surface area (Å²) in [5.74, 6) is 0. The van der Waals surface area contributed by atoms with Crippen LogP contribution in [-0.2, 0) is 0 Å². The van der Waals surface area contributed by atoms with Crippen LogP contribution in [0, 0.1) is 0 Å². The van der Waals surface area contributed by atoms with E-state index in [4.69, 9.17) is 4.42 Å². The van der Waals surface area contributed by atoms with E-state index in [0.29, 0.717) is 0 Å². The van der Waals surface area contributed by atoms with Crippen LogP contribution in [0.2, 0.25) is 0 Å². The summed E-state index contributed by atoms with van der Waals surface area (Å²) in [6.45, 7) is 0. The van der Waals surface area contributed by atoms with Crippen molar-refractivity contribution in [1.29, 1.82) is 0 Å². The standard InChI is InChI=1S/C10H8OS/c1-2-5-9(6-3-1)12-10-7-4-8-11-10/h1-8H. The van der Waals surface area contributed by atoms with Gasteiger partial charge < -0.3 is 4.42 Å². The monoisotopic (exact) mass is 176 g/mol. The van der Waals surface area contributed by atoms with Crippen LogP contribution in [0.3, 0.4) is 0 Å². The fourth-order valence-electron chi connectivity index (χ4n) is 0.926. The maximum Gasteiger partial charge on any atom is 0.164 e. The van der Waals surface area contributed by atoms with E-state index in [9.17, 15) is 0 Å². The van der Waals surface area contributed by atoms with Gasteiger partial charge in [-0.3, -0.25) is 0 Å². The van der Waals surface area contributed by atoms with Gasteiger partial charge in [-0.25, -0.2) is 0 Å². The summed E-state index contributed by atoms with van der Waals surface area (Å²) in [5.41, 5.74) is 0. The molecule has 0 saturated carbocycles. The fourth-order valence-corrected chi connectivity index (χ4v) is 1.70. The van der Waals surface area contributed by atoms with Gasteiger partial charge in [-0.1, -0.05) is 30.0 Å². The van der Waals surface area contributed by atoms with Gasteiger partial charge in [-0.05, 0) is 24.3 Å². The first-order valence-corrected chi connectivity index (χ1v) is 4.53. The Balaban J connectivity index is 2.15. The summed E-state index contributed by atoms with van der Waals surface area (Å²) in [6.07, 6.45) is 1.69. The van der Waals surface area contributed by atoms with Gasteiger partial charge in [0, 0.05) is 4.90 Å². The van der Waals surface area contributed by atoms with Crippen LogP contribution in [0.25, 0.3) is 0 Å². The molecule has 0 saturated heterocycles. The highest BCUT2D eigenvalue weighted by molar-refractivity contribution is 7.99. The molecule has 0 radical (unpaired) electrons. The van der Waals surface area contributed by atoms with Crippen molar-refractivity contribution in [3.63, 3.8) is 0 Å². The Morgan fingerprint density at radius 1 is 0.917 bits per heavy atom. The van der Waals surface area contributed by atoms with Crippen molar-refractivity contribution in [3.8, 4) is 0 Å². The average molecular weight is 176 g/mol. The molecule has 1 aromatic heterocycles. The van der Waals surface area contributed by atoms with Crippen molar-refractivity contribution in [2.24, 2.45) is 0 Å². The first-order valence-electron chi connectivity index (χ1n) is 3.71. The van der Waals surface area contributed by atoms with E-state index in [1.165, 1.54) is 4.90 Å². The lowest BCUT2D eigenvalue weighted by Gasteiger charge is -1.94. The number of hydrogen-bond donors (Lipinski definition) is 0. The quantitative estimate of drug-likeness (QED) is 0.695. The van der Waals surface area contributed by atoms with E-state index < -0.39 is 0 Å². The Bertz CT molecular complexity index is 326. The molecular weight excluding hydrogens is 168 g/mol. The third-order valence-electron chi connectivity index (χ3n) is 1.46. The van der Waals surface area contributed by atoms with Gasteiger partial charge in [0.15, 0.2) is 5.09 Å². The van der Waals surface area contributed by atoms with E-state index in [-0.39, 0.29) is 0 Å². The first kappa shape index (κ1) is 7.50. The molecule has 1 aromatic carbocycles. The smallest absolute Gasteiger partial charge is 0.164 e. The number of rotatable bonds is 2. The Hall–Kier alpha value is -1.15. The predicted octanol–water partition coefficient (Wildman–Crippen LogP) is 3.43. The molecule has 0 unspecified atom stereocenters. The van der Waals surface area contributed by atoms with Gasteiger partial charge in [0.1, 0.15) is 0 Å². The maximum atomic E-state index is 5.20. The highest BCUT2D eigenvalue weighted by Crippen LogP contribution is 2.26. The summed E-state index contributed by atoms with van der Waals surface area (Å²) < 4.78 is 5.20. The zero-order valence-corrected chi connectivity index (χ0v) is 7.25. The van der Waals surface area contributed by atoms with Gasteiger partial charge in [0.05, 0.1) is 6.26 Å². The summed E-state index contributed by atoms with van der Waals surface area (Å²) in [5, 5.41) is 0.932. The third kappa shape index (κ3) is 1.71. The SMILES string of the molecule is c1ccc(Sc2ccco2)cc1. The second-order valence-electron chi connectivity index (χ2n) is 2.35. The zero-order valence-electron chi connectivity index (χ0n) is 6.44. The average Bonchev–Trinajstić information content (AvgIpc) is 2.59. The molecule has 1 nitrogen and oxygen atoms in total. The molecule has 60 valence electrons. The number of furan rings is 1. The Morgan fingerprint density at radius 3 is 2.42 bits per heavy atom. The predicted molar refractivity (Wildman–Crippen MR) is 49.3 cm³/mol. The van der Waals surface area contributed by atoms with Crippen molar-refractivity contribution in [2.75, 3.05) is 0 Å². The second kappa shape index (κ2) is 3.50. The van der Waals surface area contributed by atoms with E-state index >= 15 is 0 Å². The molecule has 0 aliphatic rings. The molecule has 2 aromatic rings. The second-order valence-corrected chi connectivity index (χ2v) is 3.43. The lowest BCUT2D eigenvalue weighted by Crippen LogP contribution is -1.66. The summed E-state index contributed by atoms with van der Waals surface area (Å²) >= 11 is 1.63. The minimum absolute atomic E-state index is 0.932. The number of hydrogen-bond acceptors (Lipinski definition) is 2. The molecular formula is C10H8OS. The fraction of sp³-hybridized carbons (Fsp3) is 0. The maximum absolute atomic E-state index is 5.20. The third-order valence-corrected chi connectivity index (χ3v) is 2.40. The lowest BCUT2D eigenvalue weighted by molar-refractivity contribution is 0.474. The van der Waals surface area contributed by atoms with Crippen LogP contribution >= 0.6 is 11.8 Å². The Kier molecular flexibility index (Phi) is 2.19. The molecule has 0 atom stereocenters. The van der Waals surface area contributed by atoms with Crippen LogP contribution in [0.5, 0.6) is 0 Å². The molecule has 0 bridgehead atoms. The summed E-state index contributed by atoms with van der Waals surface area (Å²) in [4.78, 5) is 1.20. The van der Waals surface area contributed by atoms with Crippen molar-refractivity contribution in [3.05, 3.63) is 48.7 Å². The summed E-state index contributed by atoms with van der Waals surface area (Å²) in [6, 6.07) is 14.0. The van der Waals surface area contributed by atoms with Crippen LogP contribution in [-0.4, -0.2) is 0 Å². The summed E-state index contributed by atoms with van der Waals surface area (Å²) in [7, 11) is 0. The molecule has 0 amide bonds. The van der Waals surface area contributed by atoms with Gasteiger partial charge in [0.25, 0.3) is 0 Å². The topological polar surface area (TPSA) is 13.1 Å². The van der Waals surface area contributed by atoms with E-state index in [2.05, 4.69) is 12.1 Å². The van der Waals surface area contributed by atoms with Crippen LogP contribution in [0.4, 0.5) is 0 Å². The van der Waals surface area contributed by atoms with Crippen LogP contribution < -0.4 is 0 Å². The van der Waals surface area contributed by atoms with E-state index in [1.807, 2.05) is 30.3 Å². The van der Waals surface area contributed by atoms with Gasteiger partial charge >= 0.3 is 0 Å². The molecule has 1 heterocycles. The molecule has 0 aliphatic carbocycles. The minimum Gasteiger partial charge on any atom is -0.458 e. The molecule has 0 fully saturated rings. The van der Waals surface area contributed by atoms with Crippen molar-refractivity contribution < 1.29 is 4.42 Å². The van der Waals surface area contributed by atoms with E-state index in [1.54, 1.807) is 18.0 Å². The van der Waals surface area contributed by atoms with Crippen molar-refractivity contribution >= 4 is 11.8 Å². The lowest BCUT2D eigenvalue weighted by atomic mass is 10.4. The van der Waals surface area contributed by atoms with Gasteiger partial charge in [0.2, 0.25) is 0 Å². The highest BCUT2D eigenvalue weighted by atomic mass is 32.2.